The first-order valence-electron chi connectivity index (χ1n) is 7.37. The first kappa shape index (κ1) is 16.6. The molecule has 0 aromatic heterocycles. The number of rotatable bonds is 3. The molecule has 0 aliphatic carbocycles. The Hall–Kier alpha value is -0.780. The minimum absolute atomic E-state index is 0.154. The van der Waals surface area contributed by atoms with Crippen molar-refractivity contribution in [1.29, 1.82) is 0 Å². The van der Waals surface area contributed by atoms with Crippen molar-refractivity contribution in [3.8, 4) is 0 Å². The number of nitrogen functional groups attached to an aromatic ring is 1. The third kappa shape index (κ3) is 3.71. The summed E-state index contributed by atoms with van der Waals surface area (Å²) in [5.41, 5.74) is 6.10. The summed E-state index contributed by atoms with van der Waals surface area (Å²) in [4.78, 5) is 0.154. The van der Waals surface area contributed by atoms with Gasteiger partial charge in [-0.1, -0.05) is 25.4 Å². The summed E-state index contributed by atoms with van der Waals surface area (Å²) in [5, 5.41) is 0.194. The average Bonchev–Trinajstić information content (AvgIpc) is 2.64. The maximum atomic E-state index is 12.7. The molecule has 6 heteroatoms. The Balaban J connectivity index is 2.23. The number of hydrogen-bond acceptors (Lipinski definition) is 3. The van der Waals surface area contributed by atoms with Crippen LogP contribution in [0.5, 0.6) is 0 Å². The summed E-state index contributed by atoms with van der Waals surface area (Å²) >= 11 is 6.07. The second-order valence-corrected chi connectivity index (χ2v) is 8.34. The standard InChI is InChI=1S/C15H23ClN2O2S/c1-11(2)12-4-3-8-18(9-7-12)21(19,20)15-6-5-13(17)10-14(15)16/h5-6,10-12H,3-4,7-9,17H2,1-2H3. The maximum Gasteiger partial charge on any atom is 0.244 e. The lowest BCUT2D eigenvalue weighted by atomic mass is 9.89. The van der Waals surface area contributed by atoms with Crippen LogP contribution in [0.4, 0.5) is 5.69 Å². The molecule has 0 spiro atoms. The predicted octanol–water partition coefficient (Wildman–Crippen LogP) is 3.37. The van der Waals surface area contributed by atoms with E-state index in [2.05, 4.69) is 13.8 Å². The van der Waals surface area contributed by atoms with Crippen LogP contribution in [0.25, 0.3) is 0 Å². The number of hydrogen-bond donors (Lipinski definition) is 1. The second-order valence-electron chi connectivity index (χ2n) is 6.03. The minimum atomic E-state index is -3.54. The van der Waals surface area contributed by atoms with Crippen LogP contribution in [0, 0.1) is 11.8 Å². The van der Waals surface area contributed by atoms with E-state index in [1.165, 1.54) is 12.1 Å². The van der Waals surface area contributed by atoms with Gasteiger partial charge >= 0.3 is 0 Å². The topological polar surface area (TPSA) is 63.4 Å². The molecule has 0 radical (unpaired) electrons. The Labute approximate surface area is 132 Å². The molecule has 2 N–H and O–H groups in total. The van der Waals surface area contributed by atoms with E-state index in [0.29, 0.717) is 30.6 Å². The largest absolute Gasteiger partial charge is 0.399 e. The molecule has 0 saturated carbocycles. The molecule has 1 aromatic rings. The molecule has 4 nitrogen and oxygen atoms in total. The van der Waals surface area contributed by atoms with Gasteiger partial charge in [-0.15, -0.1) is 0 Å². The molecule has 1 aliphatic heterocycles. The van der Waals surface area contributed by atoms with E-state index in [1.54, 1.807) is 10.4 Å². The van der Waals surface area contributed by atoms with Gasteiger partial charge in [-0.05, 0) is 49.3 Å². The lowest BCUT2D eigenvalue weighted by molar-refractivity contribution is 0.341. The van der Waals surface area contributed by atoms with Crippen LogP contribution in [-0.2, 0) is 10.0 Å². The minimum Gasteiger partial charge on any atom is -0.399 e. The van der Waals surface area contributed by atoms with Crippen LogP contribution in [0.3, 0.4) is 0 Å². The Morgan fingerprint density at radius 2 is 2.00 bits per heavy atom. The molecule has 1 aliphatic rings. The quantitative estimate of drug-likeness (QED) is 0.864. The highest BCUT2D eigenvalue weighted by Gasteiger charge is 2.29. The van der Waals surface area contributed by atoms with Gasteiger partial charge in [-0.25, -0.2) is 8.42 Å². The highest BCUT2D eigenvalue weighted by Crippen LogP contribution is 2.30. The normalized spacial score (nSPS) is 21.4. The zero-order valence-corrected chi connectivity index (χ0v) is 14.1. The molecule has 2 rings (SSSR count). The number of nitrogens with two attached hydrogens (primary N) is 1. The fourth-order valence-corrected chi connectivity index (χ4v) is 4.89. The van der Waals surface area contributed by atoms with Gasteiger partial charge in [0.25, 0.3) is 0 Å². The highest BCUT2D eigenvalue weighted by molar-refractivity contribution is 7.89. The Kier molecular flexibility index (Phi) is 5.17. The fourth-order valence-electron chi connectivity index (χ4n) is 2.87. The van der Waals surface area contributed by atoms with Crippen LogP contribution in [0.2, 0.25) is 5.02 Å². The predicted molar refractivity (Wildman–Crippen MR) is 86.8 cm³/mol. The average molecular weight is 331 g/mol. The molecule has 1 atom stereocenters. The van der Waals surface area contributed by atoms with E-state index < -0.39 is 10.0 Å². The number of halogens is 1. The van der Waals surface area contributed by atoms with Gasteiger partial charge in [0.2, 0.25) is 10.0 Å². The van der Waals surface area contributed by atoms with Crippen molar-refractivity contribution in [2.24, 2.45) is 11.8 Å². The molecule has 1 aromatic carbocycles. The Morgan fingerprint density at radius 3 is 2.62 bits per heavy atom. The lowest BCUT2D eigenvalue weighted by Gasteiger charge is -2.21. The molecule has 21 heavy (non-hydrogen) atoms. The second kappa shape index (κ2) is 6.55. The van der Waals surface area contributed by atoms with Crippen LogP contribution < -0.4 is 5.73 Å². The summed E-state index contributed by atoms with van der Waals surface area (Å²) in [7, 11) is -3.54. The van der Waals surface area contributed by atoms with Gasteiger partial charge in [0.15, 0.2) is 0 Å². The lowest BCUT2D eigenvalue weighted by Crippen LogP contribution is -2.32. The summed E-state index contributed by atoms with van der Waals surface area (Å²) in [5.74, 6) is 1.18. The molecule has 0 amide bonds. The van der Waals surface area contributed by atoms with Crippen LogP contribution >= 0.6 is 11.6 Å². The van der Waals surface area contributed by atoms with E-state index in [-0.39, 0.29) is 9.92 Å². The van der Waals surface area contributed by atoms with Gasteiger partial charge in [-0.3, -0.25) is 0 Å². The molecule has 118 valence electrons. The first-order chi connectivity index (χ1) is 9.82. The summed E-state index contributed by atoms with van der Waals surface area (Å²) in [6.07, 6.45) is 2.89. The van der Waals surface area contributed by atoms with Crippen LogP contribution in [0.1, 0.15) is 33.1 Å². The Bertz CT molecular complexity index is 602. The van der Waals surface area contributed by atoms with Gasteiger partial charge in [0.1, 0.15) is 4.90 Å². The van der Waals surface area contributed by atoms with Crippen LogP contribution in [0.15, 0.2) is 23.1 Å². The van der Waals surface area contributed by atoms with E-state index in [1.807, 2.05) is 0 Å². The summed E-state index contributed by atoms with van der Waals surface area (Å²) in [6.45, 7) is 5.52. The summed E-state index contributed by atoms with van der Waals surface area (Å²) in [6, 6.07) is 4.56. The molecular formula is C15H23ClN2O2S. The molecule has 1 fully saturated rings. The number of anilines is 1. The van der Waals surface area contributed by atoms with E-state index in [4.69, 9.17) is 17.3 Å². The zero-order valence-electron chi connectivity index (χ0n) is 12.5. The third-order valence-electron chi connectivity index (χ3n) is 4.25. The molecule has 1 unspecified atom stereocenters. The van der Waals surface area contributed by atoms with Crippen molar-refractivity contribution in [2.45, 2.75) is 38.0 Å². The van der Waals surface area contributed by atoms with Crippen molar-refractivity contribution < 1.29 is 8.42 Å². The van der Waals surface area contributed by atoms with Crippen molar-refractivity contribution in [3.05, 3.63) is 23.2 Å². The molecule has 0 bridgehead atoms. The van der Waals surface area contributed by atoms with E-state index in [0.717, 1.165) is 19.3 Å². The third-order valence-corrected chi connectivity index (χ3v) is 6.63. The van der Waals surface area contributed by atoms with Crippen molar-refractivity contribution >= 4 is 27.3 Å². The van der Waals surface area contributed by atoms with Gasteiger partial charge < -0.3 is 5.73 Å². The first-order valence-corrected chi connectivity index (χ1v) is 9.19. The number of sulfonamides is 1. The zero-order chi connectivity index (χ0) is 15.6. The number of nitrogens with zero attached hydrogens (tertiary/aromatic N) is 1. The van der Waals surface area contributed by atoms with Gasteiger partial charge in [-0.2, -0.15) is 4.31 Å². The highest BCUT2D eigenvalue weighted by atomic mass is 35.5. The van der Waals surface area contributed by atoms with Crippen LogP contribution in [-0.4, -0.2) is 25.8 Å². The number of benzene rings is 1. The molecular weight excluding hydrogens is 308 g/mol. The van der Waals surface area contributed by atoms with Gasteiger partial charge in [0.05, 0.1) is 5.02 Å². The van der Waals surface area contributed by atoms with Gasteiger partial charge in [0, 0.05) is 18.8 Å². The maximum absolute atomic E-state index is 12.7. The van der Waals surface area contributed by atoms with E-state index >= 15 is 0 Å². The van der Waals surface area contributed by atoms with Crippen molar-refractivity contribution in [2.75, 3.05) is 18.8 Å². The molecule has 1 saturated heterocycles. The summed E-state index contributed by atoms with van der Waals surface area (Å²) < 4.78 is 27.1. The SMILES string of the molecule is CC(C)C1CCCN(S(=O)(=O)c2ccc(N)cc2Cl)CC1. The monoisotopic (exact) mass is 330 g/mol. The van der Waals surface area contributed by atoms with E-state index in [9.17, 15) is 8.42 Å². The fraction of sp³-hybridized carbons (Fsp3) is 0.600. The van der Waals surface area contributed by atoms with Crippen molar-refractivity contribution in [3.63, 3.8) is 0 Å². The van der Waals surface area contributed by atoms with Crippen molar-refractivity contribution in [1.82, 2.24) is 4.31 Å². The molecule has 1 heterocycles. The smallest absolute Gasteiger partial charge is 0.244 e. The Morgan fingerprint density at radius 1 is 1.29 bits per heavy atom.